The third kappa shape index (κ3) is 3.73. The summed E-state index contributed by atoms with van der Waals surface area (Å²) in [6.07, 6.45) is 3.98. The summed E-state index contributed by atoms with van der Waals surface area (Å²) in [4.78, 5) is 16.6. The Kier molecular flexibility index (Phi) is 5.17. The fourth-order valence-electron chi connectivity index (χ4n) is 1.86. The van der Waals surface area contributed by atoms with Crippen LogP contribution in [0.25, 0.3) is 0 Å². The van der Waals surface area contributed by atoms with Gasteiger partial charge in [0, 0.05) is 16.8 Å². The van der Waals surface area contributed by atoms with Crippen LogP contribution in [0, 0.1) is 0 Å². The Labute approximate surface area is 128 Å². The van der Waals surface area contributed by atoms with Crippen LogP contribution in [-0.4, -0.2) is 24.5 Å². The van der Waals surface area contributed by atoms with E-state index in [0.29, 0.717) is 34.3 Å². The maximum Gasteiger partial charge on any atom is 0.198 e. The van der Waals surface area contributed by atoms with Crippen LogP contribution >= 0.6 is 11.6 Å². The van der Waals surface area contributed by atoms with Gasteiger partial charge in [-0.25, -0.2) is 0 Å². The van der Waals surface area contributed by atoms with Gasteiger partial charge in [-0.05, 0) is 30.7 Å². The van der Waals surface area contributed by atoms with Crippen LogP contribution in [-0.2, 0) is 0 Å². The van der Waals surface area contributed by atoms with E-state index in [1.165, 1.54) is 13.3 Å². The van der Waals surface area contributed by atoms with Crippen molar-refractivity contribution in [2.45, 2.75) is 13.3 Å². The molecular weight excluding hydrogens is 290 g/mol. The molecule has 0 saturated carbocycles. The van der Waals surface area contributed by atoms with Crippen molar-refractivity contribution >= 4 is 17.4 Å². The summed E-state index contributed by atoms with van der Waals surface area (Å²) in [6.45, 7) is 2.60. The Morgan fingerprint density at radius 1 is 1.29 bits per heavy atom. The van der Waals surface area contributed by atoms with Gasteiger partial charge in [0.25, 0.3) is 0 Å². The number of nitrogens with zero attached hydrogens (tertiary/aromatic N) is 1. The van der Waals surface area contributed by atoms with Gasteiger partial charge in [0.2, 0.25) is 0 Å². The van der Waals surface area contributed by atoms with Crippen LogP contribution in [0.4, 0.5) is 0 Å². The minimum atomic E-state index is -0.205. The highest BCUT2D eigenvalue weighted by atomic mass is 35.5. The quantitative estimate of drug-likeness (QED) is 0.762. The van der Waals surface area contributed by atoms with Crippen molar-refractivity contribution in [3.63, 3.8) is 0 Å². The first kappa shape index (κ1) is 15.3. The summed E-state index contributed by atoms with van der Waals surface area (Å²) < 4.78 is 10.7. The lowest BCUT2D eigenvalue weighted by molar-refractivity contribution is 0.103. The van der Waals surface area contributed by atoms with E-state index in [0.717, 1.165) is 6.42 Å². The second-order valence-corrected chi connectivity index (χ2v) is 4.87. The van der Waals surface area contributed by atoms with Gasteiger partial charge in [0.1, 0.15) is 11.5 Å². The molecule has 0 fully saturated rings. The molecule has 2 rings (SSSR count). The van der Waals surface area contributed by atoms with Crippen LogP contribution in [0.5, 0.6) is 11.5 Å². The van der Waals surface area contributed by atoms with Crippen LogP contribution in [0.15, 0.2) is 36.7 Å². The van der Waals surface area contributed by atoms with Crippen LogP contribution < -0.4 is 9.47 Å². The summed E-state index contributed by atoms with van der Waals surface area (Å²) in [5, 5.41) is 0.477. The van der Waals surface area contributed by atoms with Crippen molar-refractivity contribution in [1.29, 1.82) is 0 Å². The van der Waals surface area contributed by atoms with Gasteiger partial charge in [-0.1, -0.05) is 18.5 Å². The van der Waals surface area contributed by atoms with Crippen LogP contribution in [0.3, 0.4) is 0 Å². The lowest BCUT2D eigenvalue weighted by Crippen LogP contribution is -2.05. The van der Waals surface area contributed by atoms with Crippen LogP contribution in [0.2, 0.25) is 5.02 Å². The summed E-state index contributed by atoms with van der Waals surface area (Å²) in [6, 6.07) is 6.60. The maximum atomic E-state index is 12.6. The van der Waals surface area contributed by atoms with E-state index in [4.69, 9.17) is 21.1 Å². The van der Waals surface area contributed by atoms with Gasteiger partial charge in [0.05, 0.1) is 25.5 Å². The normalized spacial score (nSPS) is 10.2. The molecule has 0 bridgehead atoms. The number of carbonyl (C=O) groups excluding carboxylic acids is 1. The first-order valence-electron chi connectivity index (χ1n) is 6.61. The number of rotatable bonds is 6. The fourth-order valence-corrected chi connectivity index (χ4v) is 2.03. The molecule has 0 spiro atoms. The van der Waals surface area contributed by atoms with E-state index >= 15 is 0 Å². The largest absolute Gasteiger partial charge is 0.496 e. The molecule has 0 saturated heterocycles. The number of benzene rings is 1. The Morgan fingerprint density at radius 2 is 2.10 bits per heavy atom. The van der Waals surface area contributed by atoms with Crippen molar-refractivity contribution in [1.82, 2.24) is 4.98 Å². The standard InChI is InChI=1S/C16H16ClNO3/c1-3-6-21-13-7-11(9-18-10-13)16(19)14-8-12(17)4-5-15(14)20-2/h4-5,7-10H,3,6H2,1-2H3. The predicted octanol–water partition coefficient (Wildman–Crippen LogP) is 3.76. The van der Waals surface area contributed by atoms with Crippen molar-refractivity contribution in [2.75, 3.05) is 13.7 Å². The molecule has 4 nitrogen and oxygen atoms in total. The third-order valence-corrected chi connectivity index (χ3v) is 3.09. The first-order chi connectivity index (χ1) is 10.2. The highest BCUT2D eigenvalue weighted by Crippen LogP contribution is 2.26. The van der Waals surface area contributed by atoms with E-state index in [2.05, 4.69) is 4.98 Å². The molecule has 0 amide bonds. The number of ether oxygens (including phenoxy) is 2. The lowest BCUT2D eigenvalue weighted by atomic mass is 10.0. The van der Waals surface area contributed by atoms with E-state index in [1.807, 2.05) is 6.92 Å². The Balaban J connectivity index is 2.33. The molecule has 5 heteroatoms. The molecule has 0 aliphatic rings. The third-order valence-electron chi connectivity index (χ3n) is 2.85. The van der Waals surface area contributed by atoms with Gasteiger partial charge >= 0.3 is 0 Å². The first-order valence-corrected chi connectivity index (χ1v) is 6.99. The second-order valence-electron chi connectivity index (χ2n) is 4.43. The van der Waals surface area contributed by atoms with Crippen molar-refractivity contribution in [2.24, 2.45) is 0 Å². The molecular formula is C16H16ClNO3. The number of hydrogen-bond donors (Lipinski definition) is 0. The number of carbonyl (C=O) groups is 1. The molecule has 0 aliphatic carbocycles. The number of aromatic nitrogens is 1. The molecule has 21 heavy (non-hydrogen) atoms. The molecule has 1 aromatic carbocycles. The minimum Gasteiger partial charge on any atom is -0.496 e. The molecule has 1 aromatic heterocycles. The van der Waals surface area contributed by atoms with Crippen molar-refractivity contribution in [3.05, 3.63) is 52.8 Å². The zero-order valence-electron chi connectivity index (χ0n) is 11.9. The SMILES string of the molecule is CCCOc1cncc(C(=O)c2cc(Cl)ccc2OC)c1. The molecule has 0 atom stereocenters. The molecule has 0 unspecified atom stereocenters. The van der Waals surface area contributed by atoms with E-state index in [-0.39, 0.29) is 5.78 Å². The fraction of sp³-hybridized carbons (Fsp3) is 0.250. The smallest absolute Gasteiger partial charge is 0.198 e. The topological polar surface area (TPSA) is 48.4 Å². The van der Waals surface area contributed by atoms with Gasteiger partial charge in [-0.2, -0.15) is 0 Å². The minimum absolute atomic E-state index is 0.205. The molecule has 0 N–H and O–H groups in total. The number of hydrogen-bond acceptors (Lipinski definition) is 4. The highest BCUT2D eigenvalue weighted by molar-refractivity contribution is 6.31. The number of pyridine rings is 1. The van der Waals surface area contributed by atoms with E-state index < -0.39 is 0 Å². The van der Waals surface area contributed by atoms with Crippen molar-refractivity contribution < 1.29 is 14.3 Å². The molecule has 0 aliphatic heterocycles. The van der Waals surface area contributed by atoms with Crippen molar-refractivity contribution in [3.8, 4) is 11.5 Å². The van der Waals surface area contributed by atoms with Crippen LogP contribution in [0.1, 0.15) is 29.3 Å². The van der Waals surface area contributed by atoms with Gasteiger partial charge in [-0.3, -0.25) is 9.78 Å². The summed E-state index contributed by atoms with van der Waals surface area (Å²) in [7, 11) is 1.51. The summed E-state index contributed by atoms with van der Waals surface area (Å²) in [5.74, 6) is 0.844. The number of halogens is 1. The predicted molar refractivity (Wildman–Crippen MR) is 81.5 cm³/mol. The van der Waals surface area contributed by atoms with E-state index in [1.54, 1.807) is 30.5 Å². The Hall–Kier alpha value is -2.07. The summed E-state index contributed by atoms with van der Waals surface area (Å²) >= 11 is 5.96. The Bertz CT molecular complexity index is 643. The molecule has 110 valence electrons. The Morgan fingerprint density at radius 3 is 2.81 bits per heavy atom. The van der Waals surface area contributed by atoms with Gasteiger partial charge in [-0.15, -0.1) is 0 Å². The summed E-state index contributed by atoms with van der Waals surface area (Å²) in [5.41, 5.74) is 0.837. The van der Waals surface area contributed by atoms with Gasteiger partial charge in [0.15, 0.2) is 5.78 Å². The second kappa shape index (κ2) is 7.09. The monoisotopic (exact) mass is 305 g/mol. The van der Waals surface area contributed by atoms with E-state index in [9.17, 15) is 4.79 Å². The van der Waals surface area contributed by atoms with Gasteiger partial charge < -0.3 is 9.47 Å². The zero-order chi connectivity index (χ0) is 15.2. The maximum absolute atomic E-state index is 12.6. The lowest BCUT2D eigenvalue weighted by Gasteiger charge is -2.09. The molecule has 2 aromatic rings. The highest BCUT2D eigenvalue weighted by Gasteiger charge is 2.16. The average Bonchev–Trinajstić information content (AvgIpc) is 2.52. The number of ketones is 1. The zero-order valence-corrected chi connectivity index (χ0v) is 12.7. The average molecular weight is 306 g/mol. The molecule has 1 heterocycles. The number of methoxy groups -OCH3 is 1. The molecule has 0 radical (unpaired) electrons.